The molecule has 0 N–H and O–H groups in total. The highest BCUT2D eigenvalue weighted by atomic mass is 35.5. The summed E-state index contributed by atoms with van der Waals surface area (Å²) in [6, 6.07) is 19.1. The molecular weight excluding hydrogens is 515 g/mol. The lowest BCUT2D eigenvalue weighted by molar-refractivity contribution is 0.596. The average Bonchev–Trinajstić information content (AvgIpc) is 2.80. The van der Waals surface area contributed by atoms with Gasteiger partial charge in [0.05, 0.1) is 32.0 Å². The third-order valence-corrected chi connectivity index (χ3v) is 8.99. The SMILES string of the molecule is Cc1ccc(S(=O)(=O)N=C2c3ccccc3C(=NS(=O)(=O)c3ccc(C)cc3)C(Cl)C2Cl)cc1. The van der Waals surface area contributed by atoms with Crippen LogP contribution in [0.2, 0.25) is 0 Å². The Morgan fingerprint density at radius 3 is 1.24 bits per heavy atom. The maximum absolute atomic E-state index is 13.0. The zero-order valence-electron chi connectivity index (χ0n) is 18.2. The lowest BCUT2D eigenvalue weighted by atomic mass is 9.88. The van der Waals surface area contributed by atoms with E-state index in [-0.39, 0.29) is 21.2 Å². The molecule has 34 heavy (non-hydrogen) atoms. The summed E-state index contributed by atoms with van der Waals surface area (Å²) in [5, 5.41) is -2.27. The van der Waals surface area contributed by atoms with Crippen LogP contribution in [0.15, 0.2) is 91.4 Å². The minimum Gasteiger partial charge on any atom is -0.199 e. The normalized spacial score (nSPS) is 20.9. The maximum atomic E-state index is 13.0. The van der Waals surface area contributed by atoms with Crippen molar-refractivity contribution in [3.63, 3.8) is 0 Å². The fourth-order valence-corrected chi connectivity index (χ4v) is 6.29. The van der Waals surface area contributed by atoms with Crippen molar-refractivity contribution in [1.29, 1.82) is 0 Å². The Morgan fingerprint density at radius 1 is 0.588 bits per heavy atom. The van der Waals surface area contributed by atoms with Crippen LogP contribution in [0.4, 0.5) is 0 Å². The second-order valence-electron chi connectivity index (χ2n) is 7.88. The van der Waals surface area contributed by atoms with Gasteiger partial charge in [-0.2, -0.15) is 25.6 Å². The Kier molecular flexibility index (Phi) is 6.70. The van der Waals surface area contributed by atoms with E-state index in [1.165, 1.54) is 24.3 Å². The van der Waals surface area contributed by atoms with E-state index in [0.29, 0.717) is 11.1 Å². The van der Waals surface area contributed by atoms with Crippen molar-refractivity contribution in [1.82, 2.24) is 0 Å². The van der Waals surface area contributed by atoms with Crippen molar-refractivity contribution in [2.24, 2.45) is 8.80 Å². The van der Waals surface area contributed by atoms with Crippen LogP contribution < -0.4 is 0 Å². The third-order valence-electron chi connectivity index (χ3n) is 5.33. The van der Waals surface area contributed by atoms with Crippen LogP contribution in [0, 0.1) is 13.8 Å². The molecule has 0 saturated carbocycles. The molecule has 1 aliphatic rings. The summed E-state index contributed by atoms with van der Waals surface area (Å²) in [5.41, 5.74) is 2.58. The number of aryl methyl sites for hydroxylation is 2. The first-order valence-electron chi connectivity index (χ1n) is 10.2. The van der Waals surface area contributed by atoms with Crippen molar-refractivity contribution in [3.8, 4) is 0 Å². The van der Waals surface area contributed by atoms with Gasteiger partial charge in [0.1, 0.15) is 0 Å². The van der Waals surface area contributed by atoms with Crippen LogP contribution in [0.5, 0.6) is 0 Å². The number of benzene rings is 3. The molecule has 10 heteroatoms. The topological polar surface area (TPSA) is 93.0 Å². The number of hydrogen-bond donors (Lipinski definition) is 0. The third kappa shape index (κ3) is 4.81. The van der Waals surface area contributed by atoms with Gasteiger partial charge in [-0.25, -0.2) is 0 Å². The summed E-state index contributed by atoms with van der Waals surface area (Å²) in [6.45, 7) is 3.69. The summed E-state index contributed by atoms with van der Waals surface area (Å²) < 4.78 is 59.9. The number of hydrogen-bond acceptors (Lipinski definition) is 4. The summed E-state index contributed by atoms with van der Waals surface area (Å²) in [4.78, 5) is 0.0268. The van der Waals surface area contributed by atoms with E-state index < -0.39 is 30.8 Å². The van der Waals surface area contributed by atoms with Gasteiger partial charge in [0.25, 0.3) is 20.0 Å². The zero-order valence-corrected chi connectivity index (χ0v) is 21.3. The van der Waals surface area contributed by atoms with Gasteiger partial charge in [-0.05, 0) is 38.1 Å². The molecule has 0 bridgehead atoms. The molecule has 4 rings (SSSR count). The van der Waals surface area contributed by atoms with E-state index in [9.17, 15) is 16.8 Å². The first-order chi connectivity index (χ1) is 16.0. The highest BCUT2D eigenvalue weighted by Gasteiger charge is 2.38. The van der Waals surface area contributed by atoms with Crippen LogP contribution in [0.25, 0.3) is 0 Å². The molecule has 1 aliphatic carbocycles. The lowest BCUT2D eigenvalue weighted by Gasteiger charge is -2.28. The van der Waals surface area contributed by atoms with E-state index in [4.69, 9.17) is 23.2 Å². The van der Waals surface area contributed by atoms with Crippen LogP contribution >= 0.6 is 23.2 Å². The maximum Gasteiger partial charge on any atom is 0.282 e. The second-order valence-corrected chi connectivity index (χ2v) is 12.0. The van der Waals surface area contributed by atoms with E-state index in [1.807, 2.05) is 13.8 Å². The largest absolute Gasteiger partial charge is 0.282 e. The fourth-order valence-electron chi connectivity index (χ4n) is 3.49. The van der Waals surface area contributed by atoms with Crippen LogP contribution in [-0.4, -0.2) is 39.0 Å². The van der Waals surface area contributed by atoms with E-state index in [2.05, 4.69) is 8.80 Å². The number of halogens is 2. The van der Waals surface area contributed by atoms with Gasteiger partial charge in [-0.3, -0.25) is 0 Å². The first-order valence-corrected chi connectivity index (χ1v) is 14.0. The molecule has 0 aliphatic heterocycles. The van der Waals surface area contributed by atoms with Crippen molar-refractivity contribution < 1.29 is 16.8 Å². The highest BCUT2D eigenvalue weighted by Crippen LogP contribution is 2.32. The standard InChI is InChI=1S/C24H20Cl2N2O4S2/c1-15-7-11-17(12-8-15)33(29,30)27-23-19-5-3-4-6-20(19)24(22(26)21(23)25)28-34(31,32)18-13-9-16(2)10-14-18/h3-14,21-22H,1-2H3. The predicted molar refractivity (Wildman–Crippen MR) is 136 cm³/mol. The fraction of sp³-hybridized carbons (Fsp3) is 0.167. The predicted octanol–water partition coefficient (Wildman–Crippen LogP) is 4.89. The van der Waals surface area contributed by atoms with E-state index >= 15 is 0 Å². The van der Waals surface area contributed by atoms with Crippen molar-refractivity contribution in [2.75, 3.05) is 0 Å². The number of fused-ring (bicyclic) bond motifs is 1. The average molecular weight is 535 g/mol. The number of alkyl halides is 2. The number of rotatable bonds is 4. The van der Waals surface area contributed by atoms with Gasteiger partial charge in [0.2, 0.25) is 0 Å². The Hall–Kier alpha value is -2.52. The van der Waals surface area contributed by atoms with Gasteiger partial charge in [0.15, 0.2) is 0 Å². The highest BCUT2D eigenvalue weighted by molar-refractivity contribution is 7.90. The molecule has 6 nitrogen and oxygen atoms in total. The molecule has 0 radical (unpaired) electrons. The first kappa shape index (κ1) is 24.6. The van der Waals surface area contributed by atoms with E-state index in [0.717, 1.165) is 11.1 Å². The minimum absolute atomic E-state index is 0.0134. The quantitative estimate of drug-likeness (QED) is 0.445. The molecule has 0 spiro atoms. The number of nitrogens with zero attached hydrogens (tertiary/aromatic N) is 2. The Balaban J connectivity index is 1.85. The molecule has 0 aromatic heterocycles. The molecule has 0 heterocycles. The van der Waals surface area contributed by atoms with Crippen LogP contribution in [0.1, 0.15) is 22.3 Å². The molecular formula is C24H20Cl2N2O4S2. The molecule has 2 unspecified atom stereocenters. The van der Waals surface area contributed by atoms with Crippen LogP contribution in [0.3, 0.4) is 0 Å². The Morgan fingerprint density at radius 2 is 0.912 bits per heavy atom. The van der Waals surface area contributed by atoms with Gasteiger partial charge < -0.3 is 0 Å². The molecule has 3 aromatic carbocycles. The second kappa shape index (κ2) is 9.26. The summed E-state index contributed by atoms with van der Waals surface area (Å²) >= 11 is 13.1. The van der Waals surface area contributed by atoms with Crippen molar-refractivity contribution in [3.05, 3.63) is 95.1 Å². The lowest BCUT2D eigenvalue weighted by Crippen LogP contribution is -2.40. The summed E-state index contributed by atoms with van der Waals surface area (Å²) in [5.74, 6) is 0. The summed E-state index contributed by atoms with van der Waals surface area (Å²) in [7, 11) is -8.18. The smallest absolute Gasteiger partial charge is 0.199 e. The minimum atomic E-state index is -4.09. The van der Waals surface area contributed by atoms with Gasteiger partial charge in [0, 0.05) is 11.1 Å². The van der Waals surface area contributed by atoms with E-state index in [1.54, 1.807) is 48.5 Å². The Bertz CT molecular complexity index is 1400. The molecule has 0 amide bonds. The van der Waals surface area contributed by atoms with Gasteiger partial charge >= 0.3 is 0 Å². The molecule has 0 saturated heterocycles. The zero-order chi connectivity index (χ0) is 24.7. The Labute approximate surface area is 209 Å². The monoisotopic (exact) mass is 534 g/mol. The number of sulfonamides is 2. The van der Waals surface area contributed by atoms with Gasteiger partial charge in [-0.15, -0.1) is 23.2 Å². The molecule has 2 atom stereocenters. The van der Waals surface area contributed by atoms with Crippen molar-refractivity contribution >= 4 is 54.7 Å². The molecule has 0 fully saturated rings. The summed E-state index contributed by atoms with van der Waals surface area (Å²) in [6.07, 6.45) is 0. The molecule has 176 valence electrons. The van der Waals surface area contributed by atoms with Gasteiger partial charge in [-0.1, -0.05) is 59.7 Å². The van der Waals surface area contributed by atoms with Crippen molar-refractivity contribution in [2.45, 2.75) is 34.4 Å². The van der Waals surface area contributed by atoms with Crippen LogP contribution in [-0.2, 0) is 20.0 Å². The molecule has 3 aromatic rings.